The van der Waals surface area contributed by atoms with Crippen molar-refractivity contribution < 1.29 is 76.9 Å². The molecule has 2 heterocycles. The number of ketones is 1. The minimum absolute atomic E-state index is 0.0109. The lowest BCUT2D eigenvalue weighted by molar-refractivity contribution is -0.334. The zero-order valence-electron chi connectivity index (χ0n) is 31.0. The fourth-order valence-electron chi connectivity index (χ4n) is 7.98. The van der Waals surface area contributed by atoms with Crippen molar-refractivity contribution in [3.8, 4) is 0 Å². The first kappa shape index (κ1) is 41.1. The van der Waals surface area contributed by atoms with Crippen molar-refractivity contribution >= 4 is 41.6 Å². The summed E-state index contributed by atoms with van der Waals surface area (Å²) in [4.78, 5) is 92.6. The maximum Gasteiger partial charge on any atom is 0.338 e. The number of Topliss-reactive ketones (excluding diaryl/α,β-unsaturated/α-hetero) is 1. The summed E-state index contributed by atoms with van der Waals surface area (Å²) in [6.45, 7) is 14.4. The van der Waals surface area contributed by atoms with Gasteiger partial charge in [-0.15, -0.1) is 0 Å². The Bertz CT molecular complexity index is 1680. The van der Waals surface area contributed by atoms with Gasteiger partial charge in [-0.1, -0.05) is 45.5 Å². The van der Waals surface area contributed by atoms with Crippen molar-refractivity contribution in [1.82, 2.24) is 0 Å². The van der Waals surface area contributed by atoms with E-state index in [4.69, 9.17) is 33.2 Å². The molecule has 3 aliphatic rings. The predicted octanol–water partition coefficient (Wildman–Crippen LogP) is 1.90. The number of fused-ring (bicyclic) bond motifs is 4. The van der Waals surface area contributed by atoms with E-state index in [9.17, 15) is 43.8 Å². The number of benzene rings is 1. The first-order valence-electron chi connectivity index (χ1n) is 16.9. The Morgan fingerprint density at radius 3 is 1.77 bits per heavy atom. The zero-order chi connectivity index (χ0) is 40.0. The molecule has 53 heavy (non-hydrogen) atoms. The van der Waals surface area contributed by atoms with E-state index in [1.165, 1.54) is 39.8 Å². The highest BCUT2D eigenvalue weighted by Gasteiger charge is 2.79. The number of hydrogen-bond donors (Lipinski definition) is 2. The summed E-state index contributed by atoms with van der Waals surface area (Å²) in [5.74, 6) is -13.1. The summed E-state index contributed by atoms with van der Waals surface area (Å²) in [5.41, 5.74) is -7.00. The molecule has 0 amide bonds. The second kappa shape index (κ2) is 14.6. The van der Waals surface area contributed by atoms with E-state index in [1.807, 2.05) is 0 Å². The number of rotatable bonds is 7. The molecule has 1 aromatic rings. The molecule has 2 N–H and O–H groups in total. The lowest BCUT2D eigenvalue weighted by atomic mass is 9.68. The summed E-state index contributed by atoms with van der Waals surface area (Å²) in [5, 5.41) is 24.8. The van der Waals surface area contributed by atoms with Crippen LogP contribution in [0.1, 0.15) is 79.1 Å². The van der Waals surface area contributed by atoms with Crippen LogP contribution in [-0.2, 0) is 61.9 Å². The standard InChI is InChI=1S/C37H46O16/c1-17-27(47-19(3)38)25-30(49-21(5)40)35(10,45)16-36(25,52-23(7)42)37(46)18(2)26(43)31(53-37)34(8,9)32(50-22(6)41)29(28(17)48-20(4)39)51-33(44)24-14-12-11-13-15-24/h11-15,18,25,27-32,45-46H,1,16H2,2-10H3/t18-,25+,27+,28-,29-,30-,31+,32-,35-,36-,37-/m1/s1. The van der Waals surface area contributed by atoms with Crippen LogP contribution in [0, 0.1) is 17.3 Å². The summed E-state index contributed by atoms with van der Waals surface area (Å²) in [6.07, 6.45) is -11.8. The third kappa shape index (κ3) is 7.44. The number of esters is 6. The van der Waals surface area contributed by atoms with Gasteiger partial charge in [0, 0.05) is 52.0 Å². The van der Waals surface area contributed by atoms with Gasteiger partial charge < -0.3 is 43.4 Å². The fraction of sp³-hybridized carbons (Fsp3) is 0.595. The SMILES string of the molecule is C=C1[C@@H](OC(C)=O)[C@@H](OC(=O)c2ccccc2)[C@@H](OC(C)=O)C(C)(C)[C@H]2O[C@](O)([C@H](C)C2=O)[C@@]2(OC(C)=O)C[C@@](C)(O)[C@H](OC(C)=O)[C@@H]2[C@H]1OC(C)=O. The summed E-state index contributed by atoms with van der Waals surface area (Å²) >= 11 is 0. The lowest BCUT2D eigenvalue weighted by Crippen LogP contribution is -2.66. The van der Waals surface area contributed by atoms with Gasteiger partial charge in [-0.2, -0.15) is 0 Å². The van der Waals surface area contributed by atoms with E-state index in [1.54, 1.807) is 18.2 Å². The molecule has 0 unspecified atom stereocenters. The van der Waals surface area contributed by atoms with Crippen molar-refractivity contribution in [3.05, 3.63) is 48.0 Å². The second-order valence-electron chi connectivity index (χ2n) is 14.6. The molecule has 1 saturated carbocycles. The van der Waals surface area contributed by atoms with E-state index in [0.29, 0.717) is 0 Å². The van der Waals surface area contributed by atoms with Crippen molar-refractivity contribution in [2.75, 3.05) is 0 Å². The van der Waals surface area contributed by atoms with Crippen LogP contribution in [0.15, 0.2) is 42.5 Å². The van der Waals surface area contributed by atoms with E-state index in [-0.39, 0.29) is 5.56 Å². The highest BCUT2D eigenvalue weighted by molar-refractivity contribution is 5.90. The molecule has 0 spiro atoms. The third-order valence-corrected chi connectivity index (χ3v) is 10.1. The molecular formula is C37H46O16. The maximum atomic E-state index is 14.4. The second-order valence-corrected chi connectivity index (χ2v) is 14.6. The molecule has 16 nitrogen and oxygen atoms in total. The Balaban J connectivity index is 2.19. The average molecular weight is 747 g/mol. The van der Waals surface area contributed by atoms with Crippen LogP contribution in [0.2, 0.25) is 0 Å². The molecule has 3 fully saturated rings. The smallest absolute Gasteiger partial charge is 0.338 e. The Morgan fingerprint density at radius 1 is 0.755 bits per heavy atom. The van der Waals surface area contributed by atoms with Crippen LogP contribution in [0.3, 0.4) is 0 Å². The highest BCUT2D eigenvalue weighted by atomic mass is 16.7. The van der Waals surface area contributed by atoms with Crippen LogP contribution < -0.4 is 0 Å². The number of ether oxygens (including phenoxy) is 7. The van der Waals surface area contributed by atoms with Crippen molar-refractivity contribution in [1.29, 1.82) is 0 Å². The largest absolute Gasteiger partial charge is 0.459 e. The molecule has 2 saturated heterocycles. The number of hydrogen-bond acceptors (Lipinski definition) is 16. The van der Waals surface area contributed by atoms with Crippen molar-refractivity contribution in [2.24, 2.45) is 17.3 Å². The molecule has 1 aromatic carbocycles. The predicted molar refractivity (Wildman–Crippen MR) is 178 cm³/mol. The highest BCUT2D eigenvalue weighted by Crippen LogP contribution is 2.60. The minimum atomic E-state index is -2.89. The molecular weight excluding hydrogens is 700 g/mol. The van der Waals surface area contributed by atoms with Gasteiger partial charge in [-0.05, 0) is 19.1 Å². The van der Waals surface area contributed by atoms with E-state index in [2.05, 4.69) is 6.58 Å². The quantitative estimate of drug-likeness (QED) is 0.231. The van der Waals surface area contributed by atoms with E-state index in [0.717, 1.165) is 34.6 Å². The van der Waals surface area contributed by atoms with Crippen LogP contribution in [0.5, 0.6) is 0 Å². The number of aliphatic hydroxyl groups is 2. The number of carbonyl (C=O) groups is 7. The third-order valence-electron chi connectivity index (χ3n) is 10.1. The summed E-state index contributed by atoms with van der Waals surface area (Å²) in [7, 11) is 0. The Kier molecular flexibility index (Phi) is 11.3. The van der Waals surface area contributed by atoms with Gasteiger partial charge in [-0.3, -0.25) is 28.8 Å². The molecule has 0 aromatic heterocycles. The monoisotopic (exact) mass is 746 g/mol. The van der Waals surface area contributed by atoms with Crippen molar-refractivity contribution in [2.45, 2.75) is 122 Å². The minimum Gasteiger partial charge on any atom is -0.459 e. The van der Waals surface area contributed by atoms with Gasteiger partial charge in [0.1, 0.15) is 23.9 Å². The summed E-state index contributed by atoms with van der Waals surface area (Å²) in [6, 6.07) is 7.56. The molecule has 2 bridgehead atoms. The summed E-state index contributed by atoms with van der Waals surface area (Å²) < 4.78 is 41.3. The van der Waals surface area contributed by atoms with Crippen LogP contribution >= 0.6 is 0 Å². The Hall–Kier alpha value is -4.67. The van der Waals surface area contributed by atoms with Gasteiger partial charge in [0.2, 0.25) is 5.79 Å². The van der Waals surface area contributed by atoms with Crippen LogP contribution in [-0.4, -0.2) is 105 Å². The molecule has 0 radical (unpaired) electrons. The lowest BCUT2D eigenvalue weighted by Gasteiger charge is -2.48. The first-order chi connectivity index (χ1) is 24.4. The molecule has 290 valence electrons. The van der Waals surface area contributed by atoms with E-state index < -0.39 is 124 Å². The van der Waals surface area contributed by atoms with Gasteiger partial charge in [0.25, 0.3) is 0 Å². The topological polar surface area (TPSA) is 225 Å². The normalized spacial score (nSPS) is 36.2. The maximum absolute atomic E-state index is 14.4. The average Bonchev–Trinajstić information content (AvgIpc) is 3.41. The molecule has 16 heteroatoms. The van der Waals surface area contributed by atoms with Gasteiger partial charge in [0.15, 0.2) is 29.7 Å². The molecule has 4 rings (SSSR count). The molecule has 2 aliphatic heterocycles. The fourth-order valence-corrected chi connectivity index (χ4v) is 7.98. The molecule has 1 aliphatic carbocycles. The Labute approximate surface area is 306 Å². The van der Waals surface area contributed by atoms with Gasteiger partial charge in [0.05, 0.1) is 17.4 Å². The van der Waals surface area contributed by atoms with Crippen LogP contribution in [0.4, 0.5) is 0 Å². The Morgan fingerprint density at radius 2 is 1.26 bits per heavy atom. The zero-order valence-corrected chi connectivity index (χ0v) is 31.0. The van der Waals surface area contributed by atoms with E-state index >= 15 is 0 Å². The van der Waals surface area contributed by atoms with Crippen molar-refractivity contribution in [3.63, 3.8) is 0 Å². The molecule has 11 atom stereocenters. The van der Waals surface area contributed by atoms with Gasteiger partial charge >= 0.3 is 35.8 Å². The van der Waals surface area contributed by atoms with Gasteiger partial charge in [-0.25, -0.2) is 4.79 Å². The van der Waals surface area contributed by atoms with Crippen LogP contribution in [0.25, 0.3) is 0 Å². The number of carbonyl (C=O) groups excluding carboxylic acids is 7. The first-order valence-corrected chi connectivity index (χ1v) is 16.9.